The van der Waals surface area contributed by atoms with Gasteiger partial charge in [0.2, 0.25) is 0 Å². The van der Waals surface area contributed by atoms with Gasteiger partial charge < -0.3 is 15.0 Å². The highest BCUT2D eigenvalue weighted by molar-refractivity contribution is 6.33. The molecule has 104 valence electrons. The normalized spacial score (nSPS) is 10.3. The average molecular weight is 294 g/mol. The Morgan fingerprint density at radius 2 is 2.25 bits per heavy atom. The Kier molecular flexibility index (Phi) is 4.05. The number of aromatic nitrogens is 2. The summed E-state index contributed by atoms with van der Waals surface area (Å²) in [5.41, 5.74) is 0.246. The van der Waals surface area contributed by atoms with Crippen molar-refractivity contribution < 1.29 is 9.90 Å². The highest BCUT2D eigenvalue weighted by Gasteiger charge is 2.10. The number of halogens is 1. The number of anilines is 2. The molecule has 0 bridgehead atoms. The summed E-state index contributed by atoms with van der Waals surface area (Å²) in [5, 5.41) is 11.8. The lowest BCUT2D eigenvalue weighted by atomic mass is 10.2. The SMILES string of the molecule is CCn1ccnc(Nc2ccc(C(=O)O)c(Cl)c2)c1=O. The van der Waals surface area contributed by atoms with Crippen LogP contribution in [0.5, 0.6) is 0 Å². The van der Waals surface area contributed by atoms with Gasteiger partial charge in [-0.1, -0.05) is 11.6 Å². The fourth-order valence-electron chi connectivity index (χ4n) is 1.69. The second-order valence-corrected chi connectivity index (χ2v) is 4.40. The molecular weight excluding hydrogens is 282 g/mol. The minimum Gasteiger partial charge on any atom is -0.478 e. The molecule has 7 heteroatoms. The quantitative estimate of drug-likeness (QED) is 0.904. The van der Waals surface area contributed by atoms with Crippen LogP contribution >= 0.6 is 11.6 Å². The van der Waals surface area contributed by atoms with Crippen molar-refractivity contribution in [2.24, 2.45) is 0 Å². The maximum Gasteiger partial charge on any atom is 0.337 e. The van der Waals surface area contributed by atoms with E-state index >= 15 is 0 Å². The number of nitrogens with zero attached hydrogens (tertiary/aromatic N) is 2. The minimum atomic E-state index is -1.10. The van der Waals surface area contributed by atoms with Crippen molar-refractivity contribution in [3.63, 3.8) is 0 Å². The fourth-order valence-corrected chi connectivity index (χ4v) is 1.95. The molecule has 0 saturated carbocycles. The molecular formula is C13H12ClN3O3. The number of rotatable bonds is 4. The predicted octanol–water partition coefficient (Wildman–Crippen LogP) is 2.36. The van der Waals surface area contributed by atoms with E-state index in [1.807, 2.05) is 6.92 Å². The number of hydrogen-bond donors (Lipinski definition) is 2. The molecule has 0 aliphatic carbocycles. The number of carbonyl (C=O) groups is 1. The molecule has 20 heavy (non-hydrogen) atoms. The summed E-state index contributed by atoms with van der Waals surface area (Å²) in [6, 6.07) is 4.34. The monoisotopic (exact) mass is 293 g/mol. The van der Waals surface area contributed by atoms with Crippen LogP contribution in [-0.2, 0) is 6.54 Å². The molecule has 0 radical (unpaired) electrons. The van der Waals surface area contributed by atoms with Gasteiger partial charge >= 0.3 is 5.97 Å². The lowest BCUT2D eigenvalue weighted by molar-refractivity contribution is 0.0697. The first-order chi connectivity index (χ1) is 9.52. The highest BCUT2D eigenvalue weighted by atomic mass is 35.5. The molecule has 0 amide bonds. The molecule has 0 fully saturated rings. The van der Waals surface area contributed by atoms with Crippen molar-refractivity contribution in [3.05, 3.63) is 51.5 Å². The topological polar surface area (TPSA) is 84.2 Å². The molecule has 0 aliphatic heterocycles. The first kappa shape index (κ1) is 14.1. The van der Waals surface area contributed by atoms with E-state index in [1.165, 1.54) is 29.0 Å². The number of aryl methyl sites for hydroxylation is 1. The Bertz CT molecular complexity index is 712. The van der Waals surface area contributed by atoms with Gasteiger partial charge in [0.25, 0.3) is 5.56 Å². The van der Waals surface area contributed by atoms with Crippen LogP contribution in [0.25, 0.3) is 0 Å². The molecule has 0 atom stereocenters. The summed E-state index contributed by atoms with van der Waals surface area (Å²) >= 11 is 5.86. The Hall–Kier alpha value is -2.34. The van der Waals surface area contributed by atoms with E-state index in [9.17, 15) is 9.59 Å². The van der Waals surface area contributed by atoms with Gasteiger partial charge in [0.1, 0.15) is 0 Å². The molecule has 1 heterocycles. The van der Waals surface area contributed by atoms with Crippen molar-refractivity contribution in [1.82, 2.24) is 9.55 Å². The lowest BCUT2D eigenvalue weighted by Crippen LogP contribution is -2.22. The van der Waals surface area contributed by atoms with E-state index < -0.39 is 5.97 Å². The molecule has 2 aromatic rings. The molecule has 1 aromatic heterocycles. The van der Waals surface area contributed by atoms with E-state index in [2.05, 4.69) is 10.3 Å². The Morgan fingerprint density at radius 1 is 1.50 bits per heavy atom. The number of nitrogens with one attached hydrogen (secondary N) is 1. The zero-order valence-electron chi connectivity index (χ0n) is 10.6. The van der Waals surface area contributed by atoms with Crippen LogP contribution < -0.4 is 10.9 Å². The molecule has 0 aliphatic rings. The van der Waals surface area contributed by atoms with E-state index in [0.29, 0.717) is 12.2 Å². The highest BCUT2D eigenvalue weighted by Crippen LogP contribution is 2.22. The van der Waals surface area contributed by atoms with Crippen LogP contribution in [0, 0.1) is 0 Å². The van der Waals surface area contributed by atoms with Gasteiger partial charge in [0, 0.05) is 24.6 Å². The first-order valence-electron chi connectivity index (χ1n) is 5.88. The van der Waals surface area contributed by atoms with E-state index in [4.69, 9.17) is 16.7 Å². The maximum atomic E-state index is 12.0. The van der Waals surface area contributed by atoms with Crippen molar-refractivity contribution in [2.45, 2.75) is 13.5 Å². The second kappa shape index (κ2) is 5.75. The molecule has 2 rings (SSSR count). The van der Waals surface area contributed by atoms with E-state index in [1.54, 1.807) is 6.20 Å². The zero-order chi connectivity index (χ0) is 14.7. The second-order valence-electron chi connectivity index (χ2n) is 3.99. The Labute approximate surface area is 119 Å². The molecule has 0 saturated heterocycles. The third kappa shape index (κ3) is 2.80. The Morgan fingerprint density at radius 3 is 2.85 bits per heavy atom. The van der Waals surface area contributed by atoms with Crippen LogP contribution in [-0.4, -0.2) is 20.6 Å². The summed E-state index contributed by atoms with van der Waals surface area (Å²) in [7, 11) is 0. The summed E-state index contributed by atoms with van der Waals surface area (Å²) in [5.74, 6) is -0.943. The lowest BCUT2D eigenvalue weighted by Gasteiger charge is -2.08. The number of benzene rings is 1. The van der Waals surface area contributed by atoms with Crippen molar-refractivity contribution >= 4 is 29.1 Å². The minimum absolute atomic E-state index is 0.00390. The van der Waals surface area contributed by atoms with Gasteiger partial charge in [-0.05, 0) is 25.1 Å². The number of carboxylic acid groups (broad SMARTS) is 1. The van der Waals surface area contributed by atoms with Crippen LogP contribution in [0.3, 0.4) is 0 Å². The van der Waals surface area contributed by atoms with Crippen LogP contribution in [0.1, 0.15) is 17.3 Å². The number of carboxylic acids is 1. The number of aromatic carboxylic acids is 1. The first-order valence-corrected chi connectivity index (χ1v) is 6.26. The van der Waals surface area contributed by atoms with Gasteiger partial charge in [0.05, 0.1) is 10.6 Å². The Balaban J connectivity index is 2.34. The summed E-state index contributed by atoms with van der Waals surface area (Å²) < 4.78 is 1.50. The fraction of sp³-hybridized carbons (Fsp3) is 0.154. The summed E-state index contributed by atoms with van der Waals surface area (Å²) in [6.45, 7) is 2.39. The third-order valence-electron chi connectivity index (χ3n) is 2.72. The zero-order valence-corrected chi connectivity index (χ0v) is 11.4. The summed E-state index contributed by atoms with van der Waals surface area (Å²) in [6.07, 6.45) is 3.11. The number of hydrogen-bond acceptors (Lipinski definition) is 4. The van der Waals surface area contributed by atoms with Gasteiger partial charge in [0.15, 0.2) is 5.82 Å². The van der Waals surface area contributed by atoms with Crippen molar-refractivity contribution in [3.8, 4) is 0 Å². The smallest absolute Gasteiger partial charge is 0.337 e. The van der Waals surface area contributed by atoms with Gasteiger partial charge in [-0.2, -0.15) is 0 Å². The molecule has 1 aromatic carbocycles. The maximum absolute atomic E-state index is 12.0. The van der Waals surface area contributed by atoms with Gasteiger partial charge in [-0.3, -0.25) is 4.79 Å². The standard InChI is InChI=1S/C13H12ClN3O3/c1-2-17-6-5-15-11(12(17)18)16-8-3-4-9(13(19)20)10(14)7-8/h3-7H,2H2,1H3,(H,15,16)(H,19,20). The van der Waals surface area contributed by atoms with Crippen LogP contribution in [0.4, 0.5) is 11.5 Å². The van der Waals surface area contributed by atoms with Crippen molar-refractivity contribution in [1.29, 1.82) is 0 Å². The van der Waals surface area contributed by atoms with Crippen LogP contribution in [0.15, 0.2) is 35.4 Å². The molecule has 2 N–H and O–H groups in total. The third-order valence-corrected chi connectivity index (χ3v) is 3.03. The molecule has 6 nitrogen and oxygen atoms in total. The van der Waals surface area contributed by atoms with Gasteiger partial charge in [-0.15, -0.1) is 0 Å². The van der Waals surface area contributed by atoms with E-state index in [-0.39, 0.29) is 22.0 Å². The largest absolute Gasteiger partial charge is 0.478 e. The van der Waals surface area contributed by atoms with E-state index in [0.717, 1.165) is 0 Å². The predicted molar refractivity (Wildman–Crippen MR) is 75.9 cm³/mol. The van der Waals surface area contributed by atoms with Crippen molar-refractivity contribution in [2.75, 3.05) is 5.32 Å². The molecule has 0 unspecified atom stereocenters. The van der Waals surface area contributed by atoms with Crippen LogP contribution in [0.2, 0.25) is 5.02 Å². The summed E-state index contributed by atoms with van der Waals surface area (Å²) in [4.78, 5) is 26.8. The molecule has 0 spiro atoms. The average Bonchev–Trinajstić information content (AvgIpc) is 2.41. The van der Waals surface area contributed by atoms with Gasteiger partial charge in [-0.25, -0.2) is 9.78 Å².